The van der Waals surface area contributed by atoms with Crippen LogP contribution in [0.3, 0.4) is 0 Å². The van der Waals surface area contributed by atoms with E-state index in [9.17, 15) is 4.79 Å². The Labute approximate surface area is 174 Å². The average Bonchev–Trinajstić information content (AvgIpc) is 2.73. The highest BCUT2D eigenvalue weighted by molar-refractivity contribution is 6.31. The number of aryl methyl sites for hydroxylation is 2. The molecule has 0 aliphatic rings. The lowest BCUT2D eigenvalue weighted by Crippen LogP contribution is -2.11. The van der Waals surface area contributed by atoms with Gasteiger partial charge < -0.3 is 9.15 Å². The second-order valence-corrected chi connectivity index (χ2v) is 7.51. The van der Waals surface area contributed by atoms with Crippen molar-refractivity contribution < 1.29 is 9.15 Å². The van der Waals surface area contributed by atoms with E-state index in [2.05, 4.69) is 0 Å². The predicted octanol–water partition coefficient (Wildman–Crippen LogP) is 6.23. The SMILES string of the molecule is Cc1c(Cc2ccccc2)c(=O)oc2c(C)c(OCc3ccccc3Cl)ccc12. The fraction of sp³-hybridized carbons (Fsp3) is 0.160. The van der Waals surface area contributed by atoms with Gasteiger partial charge in [-0.15, -0.1) is 0 Å². The van der Waals surface area contributed by atoms with Crippen LogP contribution in [-0.2, 0) is 13.0 Å². The first-order valence-corrected chi connectivity index (χ1v) is 9.88. The van der Waals surface area contributed by atoms with Crippen molar-refractivity contribution in [2.24, 2.45) is 0 Å². The largest absolute Gasteiger partial charge is 0.488 e. The van der Waals surface area contributed by atoms with Crippen molar-refractivity contribution in [1.29, 1.82) is 0 Å². The highest BCUT2D eigenvalue weighted by Gasteiger charge is 2.16. The van der Waals surface area contributed by atoms with Crippen molar-refractivity contribution >= 4 is 22.6 Å². The molecule has 4 rings (SSSR count). The van der Waals surface area contributed by atoms with E-state index in [1.807, 2.05) is 80.6 Å². The third-order valence-electron chi connectivity index (χ3n) is 5.22. The summed E-state index contributed by atoms with van der Waals surface area (Å²) in [6, 6.07) is 21.4. The van der Waals surface area contributed by atoms with Crippen LogP contribution in [0.5, 0.6) is 5.75 Å². The second kappa shape index (κ2) is 8.14. The standard InChI is InChI=1S/C25H21ClO3/c1-16-20-12-13-23(28-15-19-10-6-7-11-22(19)26)17(2)24(20)29-25(27)21(16)14-18-8-4-3-5-9-18/h3-13H,14-15H2,1-2H3. The van der Waals surface area contributed by atoms with Crippen LogP contribution in [0.1, 0.15) is 27.8 Å². The third-order valence-corrected chi connectivity index (χ3v) is 5.59. The van der Waals surface area contributed by atoms with Crippen molar-refractivity contribution in [3.05, 3.63) is 110 Å². The summed E-state index contributed by atoms with van der Waals surface area (Å²) >= 11 is 6.21. The average molecular weight is 405 g/mol. The molecule has 0 amide bonds. The minimum atomic E-state index is -0.301. The van der Waals surface area contributed by atoms with Crippen molar-refractivity contribution in [3.63, 3.8) is 0 Å². The molecular weight excluding hydrogens is 384 g/mol. The van der Waals surface area contributed by atoms with Gasteiger partial charge in [0.25, 0.3) is 0 Å². The Morgan fingerprint density at radius 3 is 2.38 bits per heavy atom. The van der Waals surface area contributed by atoms with Crippen LogP contribution in [0.15, 0.2) is 75.9 Å². The highest BCUT2D eigenvalue weighted by atomic mass is 35.5. The summed E-state index contributed by atoms with van der Waals surface area (Å²) in [6.45, 7) is 4.23. The van der Waals surface area contributed by atoms with Crippen LogP contribution in [0.4, 0.5) is 0 Å². The number of benzene rings is 3. The van der Waals surface area contributed by atoms with Crippen LogP contribution in [0.2, 0.25) is 5.02 Å². The minimum absolute atomic E-state index is 0.301. The van der Waals surface area contributed by atoms with E-state index < -0.39 is 0 Å². The summed E-state index contributed by atoms with van der Waals surface area (Å²) < 4.78 is 11.7. The first-order chi connectivity index (χ1) is 14.0. The molecule has 0 unspecified atom stereocenters. The molecule has 3 nitrogen and oxygen atoms in total. The number of rotatable bonds is 5. The monoisotopic (exact) mass is 404 g/mol. The Morgan fingerprint density at radius 1 is 0.897 bits per heavy atom. The maximum Gasteiger partial charge on any atom is 0.340 e. The maximum atomic E-state index is 12.7. The number of hydrogen-bond donors (Lipinski definition) is 0. The number of fused-ring (bicyclic) bond motifs is 1. The third kappa shape index (κ3) is 3.92. The van der Waals surface area contributed by atoms with Gasteiger partial charge in [0.1, 0.15) is 17.9 Å². The fourth-order valence-corrected chi connectivity index (χ4v) is 3.69. The lowest BCUT2D eigenvalue weighted by molar-refractivity contribution is 0.304. The first kappa shape index (κ1) is 19.3. The van der Waals surface area contributed by atoms with Crippen LogP contribution in [0.25, 0.3) is 11.0 Å². The minimum Gasteiger partial charge on any atom is -0.488 e. The molecule has 29 heavy (non-hydrogen) atoms. The molecular formula is C25H21ClO3. The highest BCUT2D eigenvalue weighted by Crippen LogP contribution is 2.31. The lowest BCUT2D eigenvalue weighted by atomic mass is 9.98. The van der Waals surface area contributed by atoms with E-state index >= 15 is 0 Å². The molecule has 4 aromatic rings. The zero-order chi connectivity index (χ0) is 20.4. The molecule has 1 aromatic heterocycles. The van der Waals surface area contributed by atoms with E-state index in [-0.39, 0.29) is 5.63 Å². The molecule has 0 atom stereocenters. The number of hydrogen-bond acceptors (Lipinski definition) is 3. The number of ether oxygens (including phenoxy) is 1. The van der Waals surface area contributed by atoms with Gasteiger partial charge in [0.05, 0.1) is 0 Å². The van der Waals surface area contributed by atoms with E-state index in [0.29, 0.717) is 34.9 Å². The molecule has 0 aliphatic heterocycles. The molecule has 0 saturated carbocycles. The molecule has 0 bridgehead atoms. The molecule has 3 aromatic carbocycles. The Morgan fingerprint density at radius 2 is 1.62 bits per heavy atom. The zero-order valence-electron chi connectivity index (χ0n) is 16.4. The molecule has 4 heteroatoms. The molecule has 0 saturated heterocycles. The van der Waals surface area contributed by atoms with Gasteiger partial charge >= 0.3 is 5.63 Å². The molecule has 146 valence electrons. The summed E-state index contributed by atoms with van der Waals surface area (Å²) in [5.74, 6) is 0.677. The van der Waals surface area contributed by atoms with Gasteiger partial charge in [-0.25, -0.2) is 4.79 Å². The molecule has 0 fully saturated rings. The Hall–Kier alpha value is -3.04. The maximum absolute atomic E-state index is 12.7. The van der Waals surface area contributed by atoms with E-state index in [0.717, 1.165) is 27.6 Å². The van der Waals surface area contributed by atoms with Crippen LogP contribution in [0, 0.1) is 13.8 Å². The Balaban J connectivity index is 1.69. The van der Waals surface area contributed by atoms with Gasteiger partial charge in [0, 0.05) is 33.5 Å². The molecule has 0 aliphatic carbocycles. The normalized spacial score (nSPS) is 11.0. The lowest BCUT2D eigenvalue weighted by Gasteiger charge is -2.14. The Kier molecular flexibility index (Phi) is 5.41. The van der Waals surface area contributed by atoms with Crippen LogP contribution >= 0.6 is 11.6 Å². The van der Waals surface area contributed by atoms with E-state index in [1.165, 1.54) is 0 Å². The van der Waals surface area contributed by atoms with Gasteiger partial charge in [-0.2, -0.15) is 0 Å². The van der Waals surface area contributed by atoms with Gasteiger partial charge in [-0.05, 0) is 43.2 Å². The fourth-order valence-electron chi connectivity index (χ4n) is 3.50. The Bertz CT molecular complexity index is 1230. The quantitative estimate of drug-likeness (QED) is 0.370. The summed E-state index contributed by atoms with van der Waals surface area (Å²) in [5, 5.41) is 1.59. The first-order valence-electron chi connectivity index (χ1n) is 9.50. The van der Waals surface area contributed by atoms with Crippen molar-refractivity contribution in [1.82, 2.24) is 0 Å². The zero-order valence-corrected chi connectivity index (χ0v) is 17.1. The topological polar surface area (TPSA) is 39.4 Å². The smallest absolute Gasteiger partial charge is 0.340 e. The van der Waals surface area contributed by atoms with Gasteiger partial charge in [0.2, 0.25) is 0 Å². The van der Waals surface area contributed by atoms with E-state index in [4.69, 9.17) is 20.8 Å². The van der Waals surface area contributed by atoms with Crippen molar-refractivity contribution in [2.75, 3.05) is 0 Å². The van der Waals surface area contributed by atoms with Crippen molar-refractivity contribution in [2.45, 2.75) is 26.9 Å². The summed E-state index contributed by atoms with van der Waals surface area (Å²) in [6.07, 6.45) is 0.550. The van der Waals surface area contributed by atoms with E-state index in [1.54, 1.807) is 0 Å². The van der Waals surface area contributed by atoms with Crippen LogP contribution < -0.4 is 10.4 Å². The molecule has 1 heterocycles. The summed E-state index contributed by atoms with van der Waals surface area (Å²) in [4.78, 5) is 12.7. The van der Waals surface area contributed by atoms with Gasteiger partial charge in [-0.1, -0.05) is 60.1 Å². The van der Waals surface area contributed by atoms with Crippen LogP contribution in [-0.4, -0.2) is 0 Å². The molecule has 0 radical (unpaired) electrons. The van der Waals surface area contributed by atoms with Gasteiger partial charge in [0.15, 0.2) is 0 Å². The predicted molar refractivity (Wildman–Crippen MR) is 117 cm³/mol. The second-order valence-electron chi connectivity index (χ2n) is 7.10. The summed E-state index contributed by atoms with van der Waals surface area (Å²) in [7, 11) is 0. The summed E-state index contributed by atoms with van der Waals surface area (Å²) in [5.41, 5.74) is 4.70. The van der Waals surface area contributed by atoms with Crippen molar-refractivity contribution in [3.8, 4) is 5.75 Å². The van der Waals surface area contributed by atoms with Gasteiger partial charge in [-0.3, -0.25) is 0 Å². The molecule has 0 spiro atoms. The number of halogens is 1. The molecule has 0 N–H and O–H groups in total.